The molecule has 6 nitrogen and oxygen atoms in total. The molecule has 1 heterocycles. The molecule has 0 atom stereocenters. The van der Waals surface area contributed by atoms with Crippen LogP contribution in [0.15, 0.2) is 39.9 Å². The van der Waals surface area contributed by atoms with Crippen LogP contribution in [-0.2, 0) is 5.75 Å². The van der Waals surface area contributed by atoms with Crippen molar-refractivity contribution in [1.29, 1.82) is 5.41 Å². The van der Waals surface area contributed by atoms with Crippen molar-refractivity contribution in [2.24, 2.45) is 16.5 Å². The largest absolute Gasteiger partial charge is 0.440 e. The molecule has 8 heteroatoms. The van der Waals surface area contributed by atoms with Gasteiger partial charge in [0.05, 0.1) is 11.9 Å². The van der Waals surface area contributed by atoms with Crippen LogP contribution in [0.4, 0.5) is 0 Å². The van der Waals surface area contributed by atoms with Gasteiger partial charge in [-0.25, -0.2) is 4.98 Å². The predicted molar refractivity (Wildman–Crippen MR) is 81.8 cm³/mol. The molecule has 0 aliphatic rings. The van der Waals surface area contributed by atoms with Gasteiger partial charge >= 0.3 is 0 Å². The van der Waals surface area contributed by atoms with E-state index >= 15 is 0 Å². The molecule has 104 valence electrons. The number of nitrogens with one attached hydrogen (secondary N) is 1. The highest BCUT2D eigenvalue weighted by Crippen LogP contribution is 2.24. The summed E-state index contributed by atoms with van der Waals surface area (Å²) in [5, 5.41) is 8.17. The molecule has 5 N–H and O–H groups in total. The zero-order valence-electron chi connectivity index (χ0n) is 10.3. The van der Waals surface area contributed by atoms with E-state index in [0.717, 1.165) is 17.3 Å². The molecule has 1 aromatic carbocycles. The Bertz CT molecular complexity index is 634. The van der Waals surface area contributed by atoms with E-state index in [1.807, 2.05) is 12.1 Å². The van der Waals surface area contributed by atoms with Crippen molar-refractivity contribution >= 4 is 34.5 Å². The van der Waals surface area contributed by atoms with Gasteiger partial charge in [-0.2, -0.15) is 4.99 Å². The van der Waals surface area contributed by atoms with Crippen LogP contribution in [0.1, 0.15) is 5.89 Å². The van der Waals surface area contributed by atoms with E-state index in [4.69, 9.17) is 32.9 Å². The van der Waals surface area contributed by atoms with Crippen LogP contribution in [0.5, 0.6) is 0 Å². The standard InChI is InChI=1S/C12H12ClN5OS/c13-8-3-1-7(2-4-8)9-5-17-10(19-9)6-20-12(16)18-11(14)15/h1-5H,6H2,(H5,14,15,16,18). The first-order valence-electron chi connectivity index (χ1n) is 5.56. The van der Waals surface area contributed by atoms with Crippen LogP contribution < -0.4 is 11.5 Å². The third kappa shape index (κ3) is 4.01. The minimum Gasteiger partial charge on any atom is -0.440 e. The van der Waals surface area contributed by atoms with Crippen molar-refractivity contribution in [3.05, 3.63) is 41.4 Å². The minimum atomic E-state index is -0.142. The highest BCUT2D eigenvalue weighted by atomic mass is 35.5. The number of nitrogens with zero attached hydrogens (tertiary/aromatic N) is 2. The number of nitrogens with two attached hydrogens (primary N) is 2. The molecule has 0 bridgehead atoms. The number of hydrogen-bond acceptors (Lipinski definition) is 4. The number of guanidine groups is 1. The molecular formula is C12H12ClN5OS. The van der Waals surface area contributed by atoms with Gasteiger partial charge in [0.2, 0.25) is 5.89 Å². The van der Waals surface area contributed by atoms with E-state index < -0.39 is 0 Å². The minimum absolute atomic E-state index is 0.0104. The van der Waals surface area contributed by atoms with Crippen molar-refractivity contribution in [2.75, 3.05) is 0 Å². The first-order valence-corrected chi connectivity index (χ1v) is 6.92. The molecule has 0 aliphatic carbocycles. The fourth-order valence-electron chi connectivity index (χ4n) is 1.40. The van der Waals surface area contributed by atoms with Gasteiger partial charge in [0, 0.05) is 10.6 Å². The van der Waals surface area contributed by atoms with Gasteiger partial charge in [0.15, 0.2) is 16.9 Å². The van der Waals surface area contributed by atoms with Gasteiger partial charge in [0.1, 0.15) is 0 Å². The van der Waals surface area contributed by atoms with Crippen molar-refractivity contribution in [3.63, 3.8) is 0 Å². The van der Waals surface area contributed by atoms with Gasteiger partial charge in [-0.1, -0.05) is 23.4 Å². The summed E-state index contributed by atoms with van der Waals surface area (Å²) in [6.45, 7) is 0. The number of rotatable bonds is 3. The fraction of sp³-hybridized carbons (Fsp3) is 0.0833. The lowest BCUT2D eigenvalue weighted by Crippen LogP contribution is -2.23. The first-order chi connectivity index (χ1) is 9.54. The summed E-state index contributed by atoms with van der Waals surface area (Å²) in [6, 6.07) is 7.26. The molecule has 0 saturated heterocycles. The van der Waals surface area contributed by atoms with Crippen LogP contribution in [-0.4, -0.2) is 16.1 Å². The van der Waals surface area contributed by atoms with Crippen LogP contribution in [0.3, 0.4) is 0 Å². The van der Waals surface area contributed by atoms with E-state index in [0.29, 0.717) is 22.4 Å². The van der Waals surface area contributed by atoms with Gasteiger partial charge in [-0.05, 0) is 24.3 Å². The maximum atomic E-state index is 7.49. The number of aliphatic imine (C=N–C) groups is 1. The number of oxazole rings is 1. The predicted octanol–water partition coefficient (Wildman–Crippen LogP) is 2.44. The average Bonchev–Trinajstić information content (AvgIpc) is 2.85. The number of halogens is 1. The average molecular weight is 310 g/mol. The number of hydrogen-bond donors (Lipinski definition) is 3. The Labute approximate surface area is 124 Å². The maximum Gasteiger partial charge on any atom is 0.205 e. The molecule has 20 heavy (non-hydrogen) atoms. The SMILES string of the molecule is N=C(N=C(N)N)SCc1ncc(-c2ccc(Cl)cc2)o1. The van der Waals surface area contributed by atoms with Gasteiger partial charge in [0.25, 0.3) is 0 Å². The summed E-state index contributed by atoms with van der Waals surface area (Å²) in [5.74, 6) is 1.38. The Balaban J connectivity index is 2.01. The summed E-state index contributed by atoms with van der Waals surface area (Å²) >= 11 is 6.95. The second-order valence-electron chi connectivity index (χ2n) is 3.76. The normalized spacial score (nSPS) is 10.2. The van der Waals surface area contributed by atoms with Crippen LogP contribution in [0, 0.1) is 5.41 Å². The monoisotopic (exact) mass is 309 g/mol. The lowest BCUT2D eigenvalue weighted by atomic mass is 10.2. The van der Waals surface area contributed by atoms with Crippen LogP contribution >= 0.6 is 23.4 Å². The summed E-state index contributed by atoms with van der Waals surface area (Å²) in [6.07, 6.45) is 1.63. The van der Waals surface area contributed by atoms with Crippen molar-refractivity contribution < 1.29 is 4.42 Å². The van der Waals surface area contributed by atoms with Gasteiger partial charge < -0.3 is 15.9 Å². The maximum absolute atomic E-state index is 7.49. The molecule has 2 aromatic rings. The Morgan fingerprint density at radius 3 is 2.70 bits per heavy atom. The Kier molecular flexibility index (Phi) is 4.65. The second-order valence-corrected chi connectivity index (χ2v) is 5.16. The zero-order valence-corrected chi connectivity index (χ0v) is 11.9. The lowest BCUT2D eigenvalue weighted by molar-refractivity contribution is 0.530. The van der Waals surface area contributed by atoms with Crippen molar-refractivity contribution in [3.8, 4) is 11.3 Å². The second kappa shape index (κ2) is 6.44. The summed E-state index contributed by atoms with van der Waals surface area (Å²) < 4.78 is 5.58. The highest BCUT2D eigenvalue weighted by molar-refractivity contribution is 8.13. The molecular weight excluding hydrogens is 298 g/mol. The van der Waals surface area contributed by atoms with Crippen LogP contribution in [0.25, 0.3) is 11.3 Å². The topological polar surface area (TPSA) is 114 Å². The number of thioether (sulfide) groups is 1. The Morgan fingerprint density at radius 1 is 1.35 bits per heavy atom. The molecule has 0 amide bonds. The van der Waals surface area contributed by atoms with E-state index in [9.17, 15) is 0 Å². The molecule has 0 saturated carbocycles. The smallest absolute Gasteiger partial charge is 0.205 e. The van der Waals surface area contributed by atoms with Crippen LogP contribution in [0.2, 0.25) is 5.02 Å². The third-order valence-corrected chi connectivity index (χ3v) is 3.25. The molecule has 0 radical (unpaired) electrons. The van der Waals surface area contributed by atoms with Crippen molar-refractivity contribution in [1.82, 2.24) is 4.98 Å². The quantitative estimate of drug-likeness (QED) is 0.595. The van der Waals surface area contributed by atoms with E-state index in [1.54, 1.807) is 18.3 Å². The molecule has 1 aromatic heterocycles. The lowest BCUT2D eigenvalue weighted by Gasteiger charge is -1.97. The molecule has 2 rings (SSSR count). The molecule has 0 aliphatic heterocycles. The summed E-state index contributed by atoms with van der Waals surface area (Å²) in [7, 11) is 0. The van der Waals surface area contributed by atoms with E-state index in [-0.39, 0.29) is 11.1 Å². The third-order valence-electron chi connectivity index (χ3n) is 2.25. The first kappa shape index (κ1) is 14.4. The Morgan fingerprint density at radius 2 is 2.05 bits per heavy atom. The molecule has 0 unspecified atom stereocenters. The molecule has 0 spiro atoms. The zero-order chi connectivity index (χ0) is 14.5. The fourth-order valence-corrected chi connectivity index (χ4v) is 2.09. The van der Waals surface area contributed by atoms with Crippen molar-refractivity contribution in [2.45, 2.75) is 5.75 Å². The van der Waals surface area contributed by atoms with Gasteiger partial charge in [-0.15, -0.1) is 0 Å². The number of aromatic nitrogens is 1. The van der Waals surface area contributed by atoms with E-state index in [2.05, 4.69) is 9.98 Å². The number of benzene rings is 1. The Hall–Kier alpha value is -1.99. The molecule has 0 fully saturated rings. The number of amidine groups is 1. The summed E-state index contributed by atoms with van der Waals surface area (Å²) in [5.41, 5.74) is 11.2. The highest BCUT2D eigenvalue weighted by Gasteiger charge is 2.07. The van der Waals surface area contributed by atoms with Gasteiger partial charge in [-0.3, -0.25) is 5.41 Å². The van der Waals surface area contributed by atoms with E-state index in [1.165, 1.54) is 0 Å². The summed E-state index contributed by atoms with van der Waals surface area (Å²) in [4.78, 5) is 7.74.